The number of Topliss-reactive ketones (excluding diaryl/α,β-unsaturated/α-hetero) is 1. The summed E-state index contributed by atoms with van der Waals surface area (Å²) in [4.78, 5) is 22.5. The number of carbonyl (C=O) groups excluding carboxylic acids is 1. The molecule has 2 aromatic rings. The molecule has 0 aromatic heterocycles. The van der Waals surface area contributed by atoms with E-state index in [4.69, 9.17) is 9.84 Å². The molecule has 0 aliphatic rings. The Morgan fingerprint density at radius 3 is 2.50 bits per heavy atom. The molecule has 0 aliphatic carbocycles. The minimum absolute atomic E-state index is 0.0268. The molecule has 0 bridgehead atoms. The Hall–Kier alpha value is -2.36. The summed E-state index contributed by atoms with van der Waals surface area (Å²) in [6, 6.07) is 11.2. The Kier molecular flexibility index (Phi) is 5.53. The van der Waals surface area contributed by atoms with Gasteiger partial charge in [0, 0.05) is 12.0 Å². The fourth-order valence-electron chi connectivity index (χ4n) is 2.19. The van der Waals surface area contributed by atoms with E-state index in [0.29, 0.717) is 12.2 Å². The molecule has 0 heterocycles. The predicted molar refractivity (Wildman–Crippen MR) is 85.6 cm³/mol. The van der Waals surface area contributed by atoms with Crippen LogP contribution < -0.4 is 4.74 Å². The topological polar surface area (TPSA) is 63.6 Å². The molecule has 2 aromatic carbocycles. The third-order valence-electron chi connectivity index (χ3n) is 3.47. The number of ether oxygens (including phenoxy) is 1. The zero-order valence-electron chi connectivity index (χ0n) is 12.7. The van der Waals surface area contributed by atoms with Gasteiger partial charge in [-0.2, -0.15) is 0 Å². The summed E-state index contributed by atoms with van der Waals surface area (Å²) in [6.45, 7) is 2.82. The molecule has 0 spiro atoms. The Morgan fingerprint density at radius 2 is 1.77 bits per heavy atom. The van der Waals surface area contributed by atoms with E-state index < -0.39 is 5.97 Å². The van der Waals surface area contributed by atoms with E-state index in [9.17, 15) is 9.59 Å². The average molecular weight is 300 g/mol. The fourth-order valence-corrected chi connectivity index (χ4v) is 2.19. The van der Waals surface area contributed by atoms with Crippen molar-refractivity contribution in [3.05, 3.63) is 42.0 Å². The standard InChI is InChI=1S/C18H20O4/c1-2-3-10-22-16-7-6-13-11-15(5-4-14(13)12-16)17(19)8-9-18(20)21/h4-7,11-12H,2-3,8-10H2,1H3,(H,20,21). The van der Waals surface area contributed by atoms with Crippen LogP contribution in [0.4, 0.5) is 0 Å². The zero-order valence-corrected chi connectivity index (χ0v) is 12.7. The summed E-state index contributed by atoms with van der Waals surface area (Å²) in [5.41, 5.74) is 0.549. The summed E-state index contributed by atoms with van der Waals surface area (Å²) < 4.78 is 5.66. The molecule has 0 unspecified atom stereocenters. The minimum Gasteiger partial charge on any atom is -0.494 e. The van der Waals surface area contributed by atoms with Crippen LogP contribution >= 0.6 is 0 Å². The van der Waals surface area contributed by atoms with E-state index in [0.717, 1.165) is 29.4 Å². The monoisotopic (exact) mass is 300 g/mol. The van der Waals surface area contributed by atoms with Crippen LogP contribution in [0.25, 0.3) is 10.8 Å². The van der Waals surface area contributed by atoms with Gasteiger partial charge in [-0.05, 0) is 35.4 Å². The number of carboxylic acid groups (broad SMARTS) is 1. The maximum Gasteiger partial charge on any atom is 0.303 e. The van der Waals surface area contributed by atoms with Crippen molar-refractivity contribution in [1.29, 1.82) is 0 Å². The van der Waals surface area contributed by atoms with Crippen LogP contribution in [0.1, 0.15) is 43.0 Å². The lowest BCUT2D eigenvalue weighted by atomic mass is 10.0. The maximum atomic E-state index is 11.9. The van der Waals surface area contributed by atoms with Gasteiger partial charge in [-0.1, -0.05) is 31.5 Å². The Bertz CT molecular complexity index is 676. The van der Waals surface area contributed by atoms with Gasteiger partial charge in [-0.15, -0.1) is 0 Å². The third-order valence-corrected chi connectivity index (χ3v) is 3.47. The van der Waals surface area contributed by atoms with E-state index in [1.165, 1.54) is 0 Å². The highest BCUT2D eigenvalue weighted by atomic mass is 16.5. The molecule has 0 saturated heterocycles. The molecule has 22 heavy (non-hydrogen) atoms. The van der Waals surface area contributed by atoms with Gasteiger partial charge in [0.1, 0.15) is 5.75 Å². The second kappa shape index (κ2) is 7.59. The van der Waals surface area contributed by atoms with Crippen molar-refractivity contribution in [2.24, 2.45) is 0 Å². The molecule has 0 atom stereocenters. The number of carbonyl (C=O) groups is 2. The van der Waals surface area contributed by atoms with Crippen molar-refractivity contribution in [3.8, 4) is 5.75 Å². The summed E-state index contributed by atoms with van der Waals surface area (Å²) in [6.07, 6.45) is 2.00. The van der Waals surface area contributed by atoms with Crippen LogP contribution in [0, 0.1) is 0 Å². The van der Waals surface area contributed by atoms with Gasteiger partial charge in [0.25, 0.3) is 0 Å². The summed E-state index contributed by atoms with van der Waals surface area (Å²) in [5.74, 6) is -0.276. The first-order valence-corrected chi connectivity index (χ1v) is 7.51. The van der Waals surface area contributed by atoms with Crippen molar-refractivity contribution < 1.29 is 19.4 Å². The molecule has 1 N–H and O–H groups in total. The Balaban J connectivity index is 2.12. The number of hydrogen-bond acceptors (Lipinski definition) is 3. The minimum atomic E-state index is -0.956. The molecule has 0 saturated carbocycles. The number of fused-ring (bicyclic) bond motifs is 1. The van der Waals surface area contributed by atoms with Gasteiger partial charge in [-0.3, -0.25) is 9.59 Å². The van der Waals surface area contributed by atoms with Crippen molar-refractivity contribution in [3.63, 3.8) is 0 Å². The highest BCUT2D eigenvalue weighted by molar-refractivity contribution is 6.01. The van der Waals surface area contributed by atoms with Crippen LogP contribution in [0.2, 0.25) is 0 Å². The first-order chi connectivity index (χ1) is 10.6. The number of hydrogen-bond donors (Lipinski definition) is 1. The molecule has 4 heteroatoms. The maximum absolute atomic E-state index is 11.9. The first kappa shape index (κ1) is 16.0. The number of rotatable bonds is 8. The summed E-state index contributed by atoms with van der Waals surface area (Å²) in [7, 11) is 0. The quantitative estimate of drug-likeness (QED) is 0.589. The summed E-state index contributed by atoms with van der Waals surface area (Å²) in [5, 5.41) is 10.6. The van der Waals surface area contributed by atoms with Crippen LogP contribution in [-0.2, 0) is 4.79 Å². The normalized spacial score (nSPS) is 10.6. The van der Waals surface area contributed by atoms with Crippen LogP contribution in [-0.4, -0.2) is 23.5 Å². The number of aliphatic carboxylic acids is 1. The van der Waals surface area contributed by atoms with E-state index in [1.54, 1.807) is 12.1 Å². The van der Waals surface area contributed by atoms with Crippen molar-refractivity contribution in [2.45, 2.75) is 32.6 Å². The lowest BCUT2D eigenvalue weighted by molar-refractivity contribution is -0.136. The lowest BCUT2D eigenvalue weighted by Gasteiger charge is -2.07. The summed E-state index contributed by atoms with van der Waals surface area (Å²) >= 11 is 0. The largest absolute Gasteiger partial charge is 0.494 e. The van der Waals surface area contributed by atoms with Gasteiger partial charge >= 0.3 is 5.97 Å². The van der Waals surface area contributed by atoms with Crippen molar-refractivity contribution in [2.75, 3.05) is 6.61 Å². The number of unbranched alkanes of at least 4 members (excludes halogenated alkanes) is 1. The molecule has 0 fully saturated rings. The molecule has 116 valence electrons. The number of carboxylic acids is 1. The van der Waals surface area contributed by atoms with E-state index in [2.05, 4.69) is 6.92 Å². The lowest BCUT2D eigenvalue weighted by Crippen LogP contribution is -2.03. The molecule has 0 amide bonds. The predicted octanol–water partition coefficient (Wildman–Crippen LogP) is 4.07. The van der Waals surface area contributed by atoms with Crippen LogP contribution in [0.3, 0.4) is 0 Å². The number of ketones is 1. The van der Waals surface area contributed by atoms with Crippen LogP contribution in [0.15, 0.2) is 36.4 Å². The van der Waals surface area contributed by atoms with Crippen molar-refractivity contribution >= 4 is 22.5 Å². The van der Waals surface area contributed by atoms with E-state index in [1.807, 2.05) is 24.3 Å². The van der Waals surface area contributed by atoms with E-state index >= 15 is 0 Å². The van der Waals surface area contributed by atoms with Gasteiger partial charge in [0.2, 0.25) is 0 Å². The highest BCUT2D eigenvalue weighted by Crippen LogP contribution is 2.23. The van der Waals surface area contributed by atoms with Gasteiger partial charge in [-0.25, -0.2) is 0 Å². The molecular formula is C18H20O4. The first-order valence-electron chi connectivity index (χ1n) is 7.51. The molecule has 0 radical (unpaired) electrons. The van der Waals surface area contributed by atoms with E-state index in [-0.39, 0.29) is 18.6 Å². The van der Waals surface area contributed by atoms with Crippen molar-refractivity contribution in [1.82, 2.24) is 0 Å². The molecule has 2 rings (SSSR count). The molecule has 0 aliphatic heterocycles. The van der Waals surface area contributed by atoms with Crippen LogP contribution in [0.5, 0.6) is 5.75 Å². The molecule has 4 nitrogen and oxygen atoms in total. The second-order valence-corrected chi connectivity index (χ2v) is 5.24. The van der Waals surface area contributed by atoms with Gasteiger partial charge in [0.05, 0.1) is 13.0 Å². The Labute approximate surface area is 129 Å². The average Bonchev–Trinajstić information content (AvgIpc) is 2.52. The SMILES string of the molecule is CCCCOc1ccc2cc(C(=O)CCC(=O)O)ccc2c1. The fraction of sp³-hybridized carbons (Fsp3) is 0.333. The smallest absolute Gasteiger partial charge is 0.303 e. The highest BCUT2D eigenvalue weighted by Gasteiger charge is 2.09. The third kappa shape index (κ3) is 4.32. The Morgan fingerprint density at radius 1 is 1.05 bits per heavy atom. The second-order valence-electron chi connectivity index (χ2n) is 5.24. The molecular weight excluding hydrogens is 280 g/mol. The zero-order chi connectivity index (χ0) is 15.9. The van der Waals surface area contributed by atoms with Gasteiger partial charge < -0.3 is 9.84 Å². The number of benzene rings is 2. The van der Waals surface area contributed by atoms with Gasteiger partial charge in [0.15, 0.2) is 5.78 Å².